The number of nitrogen functional groups attached to an aromatic ring is 1. The summed E-state index contributed by atoms with van der Waals surface area (Å²) in [5, 5.41) is 1.89. The van der Waals surface area contributed by atoms with Crippen molar-refractivity contribution in [3.05, 3.63) is 35.3 Å². The summed E-state index contributed by atoms with van der Waals surface area (Å²) in [7, 11) is 0. The van der Waals surface area contributed by atoms with Crippen LogP contribution in [0.1, 0.15) is 17.3 Å². The van der Waals surface area contributed by atoms with E-state index in [0.29, 0.717) is 17.9 Å². The molecule has 0 fully saturated rings. The molecule has 2 N–H and O–H groups in total. The normalized spacial score (nSPS) is 10.3. The second-order valence-corrected chi connectivity index (χ2v) is 5.56. The molecule has 1 aromatic carbocycles. The molecule has 6 heteroatoms. The Kier molecular flexibility index (Phi) is 4.22. The van der Waals surface area contributed by atoms with Gasteiger partial charge in [0.1, 0.15) is 0 Å². The molecule has 0 radical (unpaired) electrons. The SMILES string of the molecule is CCOC(=O)c1cc(N)ccc1Sc1nccs1. The molecule has 0 aliphatic rings. The maximum atomic E-state index is 11.8. The lowest BCUT2D eigenvalue weighted by Gasteiger charge is -2.08. The van der Waals surface area contributed by atoms with Gasteiger partial charge in [0.2, 0.25) is 0 Å². The molecule has 2 rings (SSSR count). The summed E-state index contributed by atoms with van der Waals surface area (Å²) in [6.07, 6.45) is 1.73. The number of ether oxygens (including phenoxy) is 1. The third-order valence-electron chi connectivity index (χ3n) is 2.11. The Labute approximate surface area is 113 Å². The number of nitrogens with two attached hydrogens (primary N) is 1. The van der Waals surface area contributed by atoms with Crippen molar-refractivity contribution < 1.29 is 9.53 Å². The van der Waals surface area contributed by atoms with Gasteiger partial charge in [0.25, 0.3) is 0 Å². The maximum Gasteiger partial charge on any atom is 0.339 e. The molecule has 0 saturated heterocycles. The largest absolute Gasteiger partial charge is 0.462 e. The van der Waals surface area contributed by atoms with Crippen molar-refractivity contribution in [2.45, 2.75) is 16.2 Å². The van der Waals surface area contributed by atoms with Crippen LogP contribution in [0.3, 0.4) is 0 Å². The minimum atomic E-state index is -0.358. The van der Waals surface area contributed by atoms with Gasteiger partial charge in [0, 0.05) is 22.2 Å². The number of esters is 1. The summed E-state index contributed by atoms with van der Waals surface area (Å²) in [6.45, 7) is 2.12. The van der Waals surface area contributed by atoms with Crippen LogP contribution in [0.2, 0.25) is 0 Å². The smallest absolute Gasteiger partial charge is 0.339 e. The Balaban J connectivity index is 2.31. The Hall–Kier alpha value is -1.53. The summed E-state index contributed by atoms with van der Waals surface area (Å²) in [6, 6.07) is 5.21. The van der Waals surface area contributed by atoms with Gasteiger partial charge in [-0.1, -0.05) is 11.8 Å². The first-order valence-corrected chi connectivity index (χ1v) is 7.04. The summed E-state index contributed by atoms with van der Waals surface area (Å²) >= 11 is 2.96. The average molecular weight is 280 g/mol. The van der Waals surface area contributed by atoms with Crippen LogP contribution < -0.4 is 5.73 Å². The minimum Gasteiger partial charge on any atom is -0.462 e. The van der Waals surface area contributed by atoms with Crippen LogP contribution >= 0.6 is 23.1 Å². The predicted molar refractivity (Wildman–Crippen MR) is 73.0 cm³/mol. The van der Waals surface area contributed by atoms with Crippen molar-refractivity contribution in [1.29, 1.82) is 0 Å². The van der Waals surface area contributed by atoms with E-state index in [2.05, 4.69) is 4.98 Å². The van der Waals surface area contributed by atoms with Gasteiger partial charge in [-0.25, -0.2) is 9.78 Å². The zero-order valence-corrected chi connectivity index (χ0v) is 11.4. The fourth-order valence-electron chi connectivity index (χ4n) is 1.36. The number of carbonyl (C=O) groups is 1. The fraction of sp³-hybridized carbons (Fsp3) is 0.167. The van der Waals surface area contributed by atoms with Gasteiger partial charge in [-0.15, -0.1) is 11.3 Å². The predicted octanol–water partition coefficient (Wildman–Crippen LogP) is 3.05. The van der Waals surface area contributed by atoms with Gasteiger partial charge in [-0.3, -0.25) is 0 Å². The molecule has 0 aliphatic carbocycles. The molecule has 0 bridgehead atoms. The van der Waals surface area contributed by atoms with E-state index in [9.17, 15) is 4.79 Å². The van der Waals surface area contributed by atoms with Crippen LogP contribution in [0, 0.1) is 0 Å². The van der Waals surface area contributed by atoms with Crippen LogP contribution in [0.25, 0.3) is 0 Å². The third-order valence-corrected chi connectivity index (χ3v) is 4.07. The molecule has 0 aliphatic heterocycles. The first kappa shape index (κ1) is 12.9. The Bertz CT molecular complexity index is 541. The third kappa shape index (κ3) is 3.02. The molecule has 4 nitrogen and oxygen atoms in total. The molecule has 94 valence electrons. The van der Waals surface area contributed by atoms with E-state index in [-0.39, 0.29) is 5.97 Å². The van der Waals surface area contributed by atoms with Crippen molar-refractivity contribution in [1.82, 2.24) is 4.98 Å². The molecule has 0 amide bonds. The quantitative estimate of drug-likeness (QED) is 0.688. The Morgan fingerprint density at radius 2 is 2.39 bits per heavy atom. The molecule has 18 heavy (non-hydrogen) atoms. The van der Waals surface area contributed by atoms with E-state index in [1.807, 2.05) is 11.4 Å². The van der Waals surface area contributed by atoms with Crippen LogP contribution in [0.5, 0.6) is 0 Å². The topological polar surface area (TPSA) is 65.2 Å². The second-order valence-electron chi connectivity index (χ2n) is 3.38. The van der Waals surface area contributed by atoms with E-state index < -0.39 is 0 Å². The minimum absolute atomic E-state index is 0.342. The second kappa shape index (κ2) is 5.88. The molecule has 0 unspecified atom stereocenters. The van der Waals surface area contributed by atoms with Gasteiger partial charge in [-0.05, 0) is 25.1 Å². The maximum absolute atomic E-state index is 11.8. The summed E-state index contributed by atoms with van der Waals surface area (Å²) in [4.78, 5) is 16.8. The van der Waals surface area contributed by atoms with E-state index in [0.717, 1.165) is 9.24 Å². The van der Waals surface area contributed by atoms with Crippen molar-refractivity contribution in [3.63, 3.8) is 0 Å². The zero-order chi connectivity index (χ0) is 13.0. The summed E-state index contributed by atoms with van der Waals surface area (Å²) in [5.41, 5.74) is 6.73. The van der Waals surface area contributed by atoms with Crippen molar-refractivity contribution in [2.75, 3.05) is 12.3 Å². The van der Waals surface area contributed by atoms with Crippen LogP contribution in [-0.2, 0) is 4.74 Å². The highest BCUT2D eigenvalue weighted by Crippen LogP contribution is 2.33. The monoisotopic (exact) mass is 280 g/mol. The first-order chi connectivity index (χ1) is 8.70. The molecule has 0 saturated carbocycles. The zero-order valence-electron chi connectivity index (χ0n) is 9.75. The standard InChI is InChI=1S/C12H12N2O2S2/c1-2-16-11(15)9-7-8(13)3-4-10(9)18-12-14-5-6-17-12/h3-7H,2,13H2,1H3. The van der Waals surface area contributed by atoms with E-state index in [4.69, 9.17) is 10.5 Å². The lowest BCUT2D eigenvalue weighted by Crippen LogP contribution is -2.06. The number of carbonyl (C=O) groups excluding carboxylic acids is 1. The van der Waals surface area contributed by atoms with Gasteiger partial charge < -0.3 is 10.5 Å². The van der Waals surface area contributed by atoms with Crippen LogP contribution in [0.4, 0.5) is 5.69 Å². The van der Waals surface area contributed by atoms with Crippen LogP contribution in [0.15, 0.2) is 39.0 Å². The number of aromatic nitrogens is 1. The summed E-state index contributed by atoms with van der Waals surface area (Å²) in [5.74, 6) is -0.358. The van der Waals surface area contributed by atoms with E-state index in [1.54, 1.807) is 25.3 Å². The first-order valence-electron chi connectivity index (χ1n) is 5.34. The molecular weight excluding hydrogens is 268 g/mol. The van der Waals surface area contributed by atoms with Crippen molar-refractivity contribution >= 4 is 34.8 Å². The fourth-order valence-corrected chi connectivity index (χ4v) is 3.04. The van der Waals surface area contributed by atoms with Gasteiger partial charge in [0.05, 0.1) is 12.2 Å². The Morgan fingerprint density at radius 3 is 3.06 bits per heavy atom. The number of anilines is 1. The highest BCUT2D eigenvalue weighted by Gasteiger charge is 2.14. The van der Waals surface area contributed by atoms with Gasteiger partial charge in [-0.2, -0.15) is 0 Å². The van der Waals surface area contributed by atoms with Crippen molar-refractivity contribution in [3.8, 4) is 0 Å². The number of nitrogens with zero attached hydrogens (tertiary/aromatic N) is 1. The average Bonchev–Trinajstić information content (AvgIpc) is 2.84. The molecule has 0 spiro atoms. The number of benzene rings is 1. The number of hydrogen-bond acceptors (Lipinski definition) is 6. The van der Waals surface area contributed by atoms with E-state index >= 15 is 0 Å². The number of hydrogen-bond donors (Lipinski definition) is 1. The number of rotatable bonds is 4. The highest BCUT2D eigenvalue weighted by atomic mass is 32.2. The van der Waals surface area contributed by atoms with Gasteiger partial charge >= 0.3 is 5.97 Å². The summed E-state index contributed by atoms with van der Waals surface area (Å²) < 4.78 is 5.90. The van der Waals surface area contributed by atoms with Crippen molar-refractivity contribution in [2.24, 2.45) is 0 Å². The molecule has 2 aromatic rings. The van der Waals surface area contributed by atoms with Gasteiger partial charge in [0.15, 0.2) is 4.34 Å². The van der Waals surface area contributed by atoms with Crippen LogP contribution in [-0.4, -0.2) is 17.6 Å². The molecule has 1 aromatic heterocycles. The number of thiazole rings is 1. The lowest BCUT2D eigenvalue weighted by atomic mass is 10.2. The molecular formula is C12H12N2O2S2. The van der Waals surface area contributed by atoms with E-state index in [1.165, 1.54) is 23.1 Å². The highest BCUT2D eigenvalue weighted by molar-refractivity contribution is 8.01. The molecule has 0 atom stereocenters. The molecule has 1 heterocycles. The Morgan fingerprint density at radius 1 is 1.56 bits per heavy atom. The lowest BCUT2D eigenvalue weighted by molar-refractivity contribution is 0.0522.